The number of likely N-dealkylation sites (tertiary alicyclic amines) is 1. The van der Waals surface area contributed by atoms with Gasteiger partial charge in [0.25, 0.3) is 0 Å². The number of benzene rings is 1. The first-order valence-corrected chi connectivity index (χ1v) is 24.4. The number of aromatic amines is 3. The summed E-state index contributed by atoms with van der Waals surface area (Å²) in [7, 11) is 0. The summed E-state index contributed by atoms with van der Waals surface area (Å²) in [5, 5.41) is 27.6. The Bertz CT molecular complexity index is 2310. The Hall–Kier alpha value is -6.94. The van der Waals surface area contributed by atoms with E-state index in [1.165, 1.54) is 30.1 Å². The molecule has 5 rings (SSSR count). The Balaban J connectivity index is 1.30. The number of carboxylic acid groups (broad SMARTS) is 1. The minimum atomic E-state index is -1.27. The molecule has 6 amide bonds. The van der Waals surface area contributed by atoms with Crippen LogP contribution in [0, 0.1) is 17.8 Å². The first kappa shape index (κ1) is 55.0. The number of amides is 6. The molecular weight excluding hydrogens is 913 g/mol. The van der Waals surface area contributed by atoms with Crippen LogP contribution in [0.4, 0.5) is 0 Å². The number of carbonyl (C=O) groups excluding carboxylic acids is 6. The standard InChI is InChI=1S/C49H72N14O8/c1-7-30(6)42(47(68)61-39(49(70)71)20-34-23-53-27-57-34)62-46(67)41(29(4)5)54-24-35(16-28(2)3)58-43(64)38(19-33-22-52-26-56-33)59-44(65)37(17-31-12-9-8-10-13-31)60-45(66)40-14-11-15-63(40)48(69)36(50)18-32-21-51-25-55-32/h8-10,12-13,21-23,25-30,35-42,54H,7,11,14-20,24,50H2,1-6H3,(H,51,55)(H,52,56)(H,53,57)(H,58,64)(H,59,65)(H,60,66)(H,61,68)(H,62,67)(H,70,71)/t30-,35-,36-,37-,38-,39-,40-,41-,42-/m0/s1. The van der Waals surface area contributed by atoms with Crippen molar-refractivity contribution in [3.05, 3.63) is 90.5 Å². The van der Waals surface area contributed by atoms with E-state index in [9.17, 15) is 38.7 Å². The van der Waals surface area contributed by atoms with Crippen LogP contribution in [0.3, 0.4) is 0 Å². The summed E-state index contributed by atoms with van der Waals surface area (Å²) in [6.45, 7) is 11.8. The van der Waals surface area contributed by atoms with Crippen molar-refractivity contribution in [2.24, 2.45) is 23.5 Å². The van der Waals surface area contributed by atoms with Crippen LogP contribution in [0.5, 0.6) is 0 Å². The predicted octanol–water partition coefficient (Wildman–Crippen LogP) is 0.660. The number of nitrogens with zero attached hydrogens (tertiary/aromatic N) is 4. The number of imidazole rings is 3. The predicted molar refractivity (Wildman–Crippen MR) is 263 cm³/mol. The third kappa shape index (κ3) is 16.6. The molecule has 4 heterocycles. The number of aromatic nitrogens is 6. The van der Waals surface area contributed by atoms with Gasteiger partial charge in [0.1, 0.15) is 30.2 Å². The second-order valence-corrected chi connectivity index (χ2v) is 19.2. The molecule has 22 nitrogen and oxygen atoms in total. The molecule has 0 saturated carbocycles. The molecule has 1 fully saturated rings. The van der Waals surface area contributed by atoms with Gasteiger partial charge in [0.15, 0.2) is 0 Å². The van der Waals surface area contributed by atoms with Gasteiger partial charge in [0.2, 0.25) is 35.4 Å². The number of rotatable bonds is 28. The van der Waals surface area contributed by atoms with Crippen molar-refractivity contribution >= 4 is 41.4 Å². The van der Waals surface area contributed by atoms with E-state index in [1.54, 1.807) is 19.3 Å². The monoisotopic (exact) mass is 985 g/mol. The maximum absolute atomic E-state index is 14.5. The van der Waals surface area contributed by atoms with Crippen LogP contribution >= 0.6 is 0 Å². The number of nitrogens with two attached hydrogens (primary N) is 1. The Morgan fingerprint density at radius 1 is 0.704 bits per heavy atom. The smallest absolute Gasteiger partial charge is 0.326 e. The summed E-state index contributed by atoms with van der Waals surface area (Å²) < 4.78 is 0. The molecule has 386 valence electrons. The Kier molecular flexibility index (Phi) is 20.8. The minimum absolute atomic E-state index is 0.0191. The van der Waals surface area contributed by atoms with Gasteiger partial charge in [0.05, 0.1) is 31.1 Å². The van der Waals surface area contributed by atoms with Crippen molar-refractivity contribution in [1.29, 1.82) is 0 Å². The number of hydrogen-bond acceptors (Lipinski definition) is 12. The van der Waals surface area contributed by atoms with E-state index < -0.39 is 89.7 Å². The molecule has 9 atom stereocenters. The Labute approximate surface area is 414 Å². The third-order valence-corrected chi connectivity index (χ3v) is 12.7. The highest BCUT2D eigenvalue weighted by Gasteiger charge is 2.39. The highest BCUT2D eigenvalue weighted by Crippen LogP contribution is 2.20. The lowest BCUT2D eigenvalue weighted by Crippen LogP contribution is -2.60. The number of carbonyl (C=O) groups is 7. The van der Waals surface area contributed by atoms with Crippen LogP contribution in [-0.2, 0) is 59.2 Å². The van der Waals surface area contributed by atoms with Gasteiger partial charge < -0.3 is 62.6 Å². The summed E-state index contributed by atoms with van der Waals surface area (Å²) in [4.78, 5) is 119. The van der Waals surface area contributed by atoms with Crippen molar-refractivity contribution < 1.29 is 38.7 Å². The molecule has 3 aromatic heterocycles. The second kappa shape index (κ2) is 26.9. The van der Waals surface area contributed by atoms with E-state index >= 15 is 0 Å². The largest absolute Gasteiger partial charge is 0.480 e. The molecule has 22 heteroatoms. The molecule has 1 saturated heterocycles. The van der Waals surface area contributed by atoms with Crippen LogP contribution in [0.15, 0.2) is 67.9 Å². The van der Waals surface area contributed by atoms with Crippen molar-refractivity contribution in [1.82, 2.24) is 66.7 Å². The van der Waals surface area contributed by atoms with Crippen LogP contribution < -0.4 is 37.6 Å². The van der Waals surface area contributed by atoms with E-state index in [0.717, 1.165) is 5.56 Å². The average Bonchev–Trinajstić information content (AvgIpc) is 4.20. The zero-order valence-corrected chi connectivity index (χ0v) is 41.4. The molecule has 0 aliphatic carbocycles. The number of carboxylic acids is 1. The molecule has 1 aliphatic rings. The number of H-pyrrole nitrogens is 3. The lowest BCUT2D eigenvalue weighted by atomic mass is 9.95. The fourth-order valence-corrected chi connectivity index (χ4v) is 8.65. The van der Waals surface area contributed by atoms with Crippen LogP contribution in [0.1, 0.15) is 89.9 Å². The van der Waals surface area contributed by atoms with Gasteiger partial charge in [0, 0.05) is 80.5 Å². The summed E-state index contributed by atoms with van der Waals surface area (Å²) in [5.41, 5.74) is 8.82. The highest BCUT2D eigenvalue weighted by atomic mass is 16.4. The zero-order chi connectivity index (χ0) is 51.6. The van der Waals surface area contributed by atoms with Crippen LogP contribution in [0.25, 0.3) is 0 Å². The fourth-order valence-electron chi connectivity index (χ4n) is 8.65. The number of aliphatic carboxylic acids is 1. The lowest BCUT2D eigenvalue weighted by Gasteiger charge is -2.31. The molecule has 0 unspecified atom stereocenters. The summed E-state index contributed by atoms with van der Waals surface area (Å²) in [5.74, 6) is -4.97. The third-order valence-electron chi connectivity index (χ3n) is 12.7. The number of nitrogens with one attached hydrogen (secondary N) is 9. The van der Waals surface area contributed by atoms with Gasteiger partial charge >= 0.3 is 5.97 Å². The van der Waals surface area contributed by atoms with Gasteiger partial charge in [-0.1, -0.05) is 78.3 Å². The highest BCUT2D eigenvalue weighted by molar-refractivity contribution is 5.95. The van der Waals surface area contributed by atoms with Crippen molar-refractivity contribution in [2.75, 3.05) is 13.1 Å². The maximum atomic E-state index is 14.5. The van der Waals surface area contributed by atoms with Crippen LogP contribution in [0.2, 0.25) is 0 Å². The molecule has 4 aromatic rings. The van der Waals surface area contributed by atoms with Crippen molar-refractivity contribution in [2.45, 2.75) is 141 Å². The molecule has 12 N–H and O–H groups in total. The quantitative estimate of drug-likeness (QED) is 0.0373. The van der Waals surface area contributed by atoms with Gasteiger partial charge in [-0.3, -0.25) is 28.8 Å². The first-order valence-electron chi connectivity index (χ1n) is 24.4. The zero-order valence-electron chi connectivity index (χ0n) is 41.4. The summed E-state index contributed by atoms with van der Waals surface area (Å²) >= 11 is 0. The molecule has 71 heavy (non-hydrogen) atoms. The molecular formula is C49H72N14O8. The molecule has 0 bridgehead atoms. The Morgan fingerprint density at radius 3 is 1.80 bits per heavy atom. The van der Waals surface area contributed by atoms with Gasteiger partial charge in [-0.15, -0.1) is 0 Å². The second-order valence-electron chi connectivity index (χ2n) is 19.2. The molecule has 0 spiro atoms. The molecule has 1 aliphatic heterocycles. The lowest BCUT2D eigenvalue weighted by molar-refractivity contribution is -0.142. The van der Waals surface area contributed by atoms with Crippen LogP contribution in [-0.4, -0.2) is 143 Å². The van der Waals surface area contributed by atoms with E-state index in [4.69, 9.17) is 5.73 Å². The normalized spacial score (nSPS) is 17.0. The topological polar surface area (TPSA) is 327 Å². The van der Waals surface area contributed by atoms with Gasteiger partial charge in [-0.25, -0.2) is 19.7 Å². The molecule has 0 radical (unpaired) electrons. The van der Waals surface area contributed by atoms with Crippen molar-refractivity contribution in [3.63, 3.8) is 0 Å². The summed E-state index contributed by atoms with van der Waals surface area (Å²) in [6, 6.07) is 1.33. The maximum Gasteiger partial charge on any atom is 0.326 e. The Morgan fingerprint density at radius 2 is 1.25 bits per heavy atom. The minimum Gasteiger partial charge on any atom is -0.480 e. The summed E-state index contributed by atoms with van der Waals surface area (Å²) in [6.07, 6.45) is 11.2. The SMILES string of the molecule is CC[C@H](C)[C@H](NC(=O)[C@@H](NC[C@H](CC(C)C)NC(=O)[C@H](Cc1cnc[nH]1)NC(=O)[C@H](Cc1ccccc1)NC(=O)[C@@H]1CCCN1C(=O)[C@@H](N)Cc1cnc[nH]1)C(C)C)C(=O)N[C@@H](Cc1cnc[nH]1)C(=O)O. The van der Waals surface area contributed by atoms with E-state index in [1.807, 2.05) is 65.0 Å². The van der Waals surface area contributed by atoms with E-state index in [2.05, 4.69) is 61.8 Å². The fraction of sp³-hybridized carbons (Fsp3) is 0.551. The van der Waals surface area contributed by atoms with E-state index in [-0.39, 0.29) is 50.0 Å². The van der Waals surface area contributed by atoms with Gasteiger partial charge in [-0.2, -0.15) is 0 Å². The van der Waals surface area contributed by atoms with Crippen molar-refractivity contribution in [3.8, 4) is 0 Å². The van der Waals surface area contributed by atoms with E-state index in [0.29, 0.717) is 49.3 Å². The number of hydrogen-bond donors (Lipinski definition) is 11. The molecule has 1 aromatic carbocycles. The average molecular weight is 985 g/mol. The first-order chi connectivity index (χ1) is 33.9. The van der Waals surface area contributed by atoms with Gasteiger partial charge in [-0.05, 0) is 42.6 Å².